The van der Waals surface area contributed by atoms with Crippen molar-refractivity contribution >= 4 is 5.69 Å². The van der Waals surface area contributed by atoms with E-state index in [0.29, 0.717) is 5.92 Å². The summed E-state index contributed by atoms with van der Waals surface area (Å²) in [6, 6.07) is 6.33. The zero-order valence-electron chi connectivity index (χ0n) is 8.96. The fraction of sp³-hybridized carbons (Fsp3) is 0.500. The van der Waals surface area contributed by atoms with Gasteiger partial charge in [-0.3, -0.25) is 0 Å². The second kappa shape index (κ2) is 3.62. The number of fused-ring (bicyclic) bond motifs is 1. The van der Waals surface area contributed by atoms with Crippen LogP contribution in [0.5, 0.6) is 0 Å². The van der Waals surface area contributed by atoms with Gasteiger partial charge in [0.05, 0.1) is 0 Å². The van der Waals surface area contributed by atoms with Gasteiger partial charge in [-0.15, -0.1) is 0 Å². The van der Waals surface area contributed by atoms with E-state index in [1.165, 1.54) is 11.1 Å². The van der Waals surface area contributed by atoms with Gasteiger partial charge in [-0.25, -0.2) is 0 Å². The van der Waals surface area contributed by atoms with Crippen molar-refractivity contribution < 1.29 is 0 Å². The van der Waals surface area contributed by atoms with E-state index in [-0.39, 0.29) is 0 Å². The Bertz CT molecular complexity index is 333. The third-order valence-electron chi connectivity index (χ3n) is 3.05. The molecule has 1 aromatic carbocycles. The summed E-state index contributed by atoms with van der Waals surface area (Å²) in [7, 11) is 2.19. The Balaban J connectivity index is 2.38. The average Bonchev–Trinajstić information content (AvgIpc) is 2.26. The van der Waals surface area contributed by atoms with Crippen LogP contribution < -0.4 is 5.73 Å². The summed E-state index contributed by atoms with van der Waals surface area (Å²) in [4.78, 5) is 2.39. The number of likely N-dealkylation sites (N-methyl/N-ethyl adjacent to an activating group) is 1. The van der Waals surface area contributed by atoms with Crippen molar-refractivity contribution in [1.29, 1.82) is 0 Å². The molecule has 2 rings (SSSR count). The van der Waals surface area contributed by atoms with E-state index >= 15 is 0 Å². The molecule has 2 N–H and O–H groups in total. The second-order valence-corrected chi connectivity index (χ2v) is 4.37. The topological polar surface area (TPSA) is 29.3 Å². The Kier molecular flexibility index (Phi) is 2.46. The predicted octanol–water partition coefficient (Wildman–Crippen LogP) is 1.86. The van der Waals surface area contributed by atoms with E-state index < -0.39 is 0 Å². The van der Waals surface area contributed by atoms with Crippen molar-refractivity contribution in [1.82, 2.24) is 4.90 Å². The standard InChI is InChI=1S/C12H18N2/c1-9-8-14(2)6-5-10-7-11(13)3-4-12(9)10/h3-4,7,9H,5-6,8,13H2,1-2H3. The van der Waals surface area contributed by atoms with Crippen molar-refractivity contribution in [2.24, 2.45) is 0 Å². The maximum absolute atomic E-state index is 5.80. The number of nitrogens with zero attached hydrogens (tertiary/aromatic N) is 1. The molecular formula is C12H18N2. The summed E-state index contributed by atoms with van der Waals surface area (Å²) in [5.41, 5.74) is 9.60. The van der Waals surface area contributed by atoms with E-state index in [9.17, 15) is 0 Å². The van der Waals surface area contributed by atoms with E-state index in [1.807, 2.05) is 6.07 Å². The number of hydrogen-bond acceptors (Lipinski definition) is 2. The number of hydrogen-bond donors (Lipinski definition) is 1. The molecule has 76 valence electrons. The maximum atomic E-state index is 5.80. The molecule has 2 heteroatoms. The molecule has 1 aliphatic heterocycles. The lowest BCUT2D eigenvalue weighted by molar-refractivity contribution is 0.332. The average molecular weight is 190 g/mol. The lowest BCUT2D eigenvalue weighted by Crippen LogP contribution is -2.22. The van der Waals surface area contributed by atoms with Gasteiger partial charge in [0.2, 0.25) is 0 Å². The first-order valence-corrected chi connectivity index (χ1v) is 5.23. The minimum Gasteiger partial charge on any atom is -0.399 e. The quantitative estimate of drug-likeness (QED) is 0.633. The highest BCUT2D eigenvalue weighted by Crippen LogP contribution is 2.26. The summed E-state index contributed by atoms with van der Waals surface area (Å²) in [6.45, 7) is 4.58. The highest BCUT2D eigenvalue weighted by Gasteiger charge is 2.17. The Morgan fingerprint density at radius 1 is 1.43 bits per heavy atom. The molecule has 0 saturated heterocycles. The van der Waals surface area contributed by atoms with Crippen LogP contribution in [-0.4, -0.2) is 25.0 Å². The van der Waals surface area contributed by atoms with E-state index in [4.69, 9.17) is 5.73 Å². The van der Waals surface area contributed by atoms with Gasteiger partial charge in [0.1, 0.15) is 0 Å². The van der Waals surface area contributed by atoms with Gasteiger partial charge >= 0.3 is 0 Å². The summed E-state index contributed by atoms with van der Waals surface area (Å²) in [6.07, 6.45) is 1.13. The third-order valence-corrected chi connectivity index (χ3v) is 3.05. The SMILES string of the molecule is CC1CN(C)CCc2cc(N)ccc21. The monoisotopic (exact) mass is 190 g/mol. The molecule has 1 atom stereocenters. The molecule has 0 aromatic heterocycles. The zero-order valence-corrected chi connectivity index (χ0v) is 8.96. The van der Waals surface area contributed by atoms with Crippen LogP contribution in [-0.2, 0) is 6.42 Å². The highest BCUT2D eigenvalue weighted by molar-refractivity contribution is 5.46. The summed E-state index contributed by atoms with van der Waals surface area (Å²) in [5.74, 6) is 0.623. The first-order valence-electron chi connectivity index (χ1n) is 5.23. The van der Waals surface area contributed by atoms with Gasteiger partial charge in [0.25, 0.3) is 0 Å². The molecule has 14 heavy (non-hydrogen) atoms. The number of anilines is 1. The van der Waals surface area contributed by atoms with Gasteiger partial charge in [0, 0.05) is 18.8 Å². The number of nitrogens with two attached hydrogens (primary N) is 1. The summed E-state index contributed by atoms with van der Waals surface area (Å²) < 4.78 is 0. The predicted molar refractivity (Wildman–Crippen MR) is 60.5 cm³/mol. The van der Waals surface area contributed by atoms with Crippen LogP contribution >= 0.6 is 0 Å². The van der Waals surface area contributed by atoms with Gasteiger partial charge in [-0.1, -0.05) is 13.0 Å². The molecule has 0 bridgehead atoms. The third kappa shape index (κ3) is 1.75. The Hall–Kier alpha value is -1.02. The van der Waals surface area contributed by atoms with Gasteiger partial charge in [-0.05, 0) is 42.6 Å². The molecule has 0 amide bonds. The molecule has 0 aliphatic carbocycles. The van der Waals surface area contributed by atoms with Crippen LogP contribution in [0.15, 0.2) is 18.2 Å². The molecule has 0 spiro atoms. The van der Waals surface area contributed by atoms with Crippen molar-refractivity contribution in [2.45, 2.75) is 19.3 Å². The van der Waals surface area contributed by atoms with E-state index in [0.717, 1.165) is 25.2 Å². The van der Waals surface area contributed by atoms with Crippen LogP contribution in [0.2, 0.25) is 0 Å². The lowest BCUT2D eigenvalue weighted by Gasteiger charge is -2.17. The van der Waals surface area contributed by atoms with Gasteiger partial charge < -0.3 is 10.6 Å². The van der Waals surface area contributed by atoms with E-state index in [2.05, 4.69) is 31.0 Å². The molecule has 1 heterocycles. The number of benzene rings is 1. The van der Waals surface area contributed by atoms with Crippen LogP contribution in [0, 0.1) is 0 Å². The maximum Gasteiger partial charge on any atom is 0.0316 e. The normalized spacial score (nSPS) is 22.9. The fourth-order valence-electron chi connectivity index (χ4n) is 2.29. The Morgan fingerprint density at radius 2 is 2.21 bits per heavy atom. The first-order chi connectivity index (χ1) is 6.66. The second-order valence-electron chi connectivity index (χ2n) is 4.37. The lowest BCUT2D eigenvalue weighted by atomic mass is 9.95. The van der Waals surface area contributed by atoms with Crippen LogP contribution in [0.3, 0.4) is 0 Å². The fourth-order valence-corrected chi connectivity index (χ4v) is 2.29. The van der Waals surface area contributed by atoms with Crippen LogP contribution in [0.25, 0.3) is 0 Å². The van der Waals surface area contributed by atoms with E-state index in [1.54, 1.807) is 0 Å². The van der Waals surface area contributed by atoms with Gasteiger partial charge in [-0.2, -0.15) is 0 Å². The molecule has 0 fully saturated rings. The number of rotatable bonds is 0. The van der Waals surface area contributed by atoms with Crippen LogP contribution in [0.4, 0.5) is 5.69 Å². The largest absolute Gasteiger partial charge is 0.399 e. The molecule has 1 aliphatic rings. The highest BCUT2D eigenvalue weighted by atomic mass is 15.1. The number of nitrogen functional groups attached to an aromatic ring is 1. The molecule has 0 saturated carbocycles. The summed E-state index contributed by atoms with van der Waals surface area (Å²) in [5, 5.41) is 0. The molecule has 2 nitrogen and oxygen atoms in total. The molecular weight excluding hydrogens is 172 g/mol. The minimum absolute atomic E-state index is 0.623. The summed E-state index contributed by atoms with van der Waals surface area (Å²) >= 11 is 0. The van der Waals surface area contributed by atoms with Gasteiger partial charge in [0.15, 0.2) is 0 Å². The molecule has 1 unspecified atom stereocenters. The smallest absolute Gasteiger partial charge is 0.0316 e. The van der Waals surface area contributed by atoms with Crippen molar-refractivity contribution in [3.8, 4) is 0 Å². The molecule has 1 aromatic rings. The van der Waals surface area contributed by atoms with Crippen molar-refractivity contribution in [3.63, 3.8) is 0 Å². The molecule has 0 radical (unpaired) electrons. The Labute approximate surface area is 85.7 Å². The minimum atomic E-state index is 0.623. The van der Waals surface area contributed by atoms with Crippen molar-refractivity contribution in [3.05, 3.63) is 29.3 Å². The zero-order chi connectivity index (χ0) is 10.1. The first kappa shape index (κ1) is 9.53. The Morgan fingerprint density at radius 3 is 3.00 bits per heavy atom. The van der Waals surface area contributed by atoms with Crippen molar-refractivity contribution in [2.75, 3.05) is 25.9 Å². The van der Waals surface area contributed by atoms with Crippen LogP contribution in [0.1, 0.15) is 24.0 Å².